The molecule has 0 bridgehead atoms. The Morgan fingerprint density at radius 1 is 1.19 bits per heavy atom. The van der Waals surface area contributed by atoms with Crippen molar-refractivity contribution in [3.63, 3.8) is 0 Å². The summed E-state index contributed by atoms with van der Waals surface area (Å²) in [6, 6.07) is 5.92. The topological polar surface area (TPSA) is 71.0 Å². The zero-order valence-electron chi connectivity index (χ0n) is 18.1. The molecule has 0 aliphatic carbocycles. The molecule has 3 heterocycles. The number of piperazine rings is 1. The Balaban J connectivity index is 1.31. The lowest BCUT2D eigenvalue weighted by Gasteiger charge is -2.27. The predicted molar refractivity (Wildman–Crippen MR) is 128 cm³/mol. The number of rotatable bonds is 8. The number of hydrogen-bond donors (Lipinski definition) is 1. The highest BCUT2D eigenvalue weighted by molar-refractivity contribution is 7.98. The summed E-state index contributed by atoms with van der Waals surface area (Å²) >= 11 is 3.38. The number of aryl methyl sites for hydroxylation is 2. The van der Waals surface area contributed by atoms with Crippen molar-refractivity contribution in [3.8, 4) is 0 Å². The summed E-state index contributed by atoms with van der Waals surface area (Å²) in [5.41, 5.74) is 1.76. The van der Waals surface area contributed by atoms with Gasteiger partial charge < -0.3 is 10.2 Å². The zero-order chi connectivity index (χ0) is 21.6. The van der Waals surface area contributed by atoms with E-state index in [2.05, 4.69) is 22.2 Å². The van der Waals surface area contributed by atoms with E-state index >= 15 is 0 Å². The Morgan fingerprint density at radius 2 is 1.94 bits per heavy atom. The van der Waals surface area contributed by atoms with Crippen molar-refractivity contribution in [2.45, 2.75) is 37.5 Å². The summed E-state index contributed by atoms with van der Waals surface area (Å²) in [5.74, 6) is 1.63. The predicted octanol–water partition coefficient (Wildman–Crippen LogP) is 4.06. The lowest BCUT2D eigenvalue weighted by molar-refractivity contribution is 0.0736. The van der Waals surface area contributed by atoms with Gasteiger partial charge in [-0.1, -0.05) is 6.92 Å². The van der Waals surface area contributed by atoms with Gasteiger partial charge in [-0.2, -0.15) is 0 Å². The van der Waals surface area contributed by atoms with Crippen LogP contribution in [0.25, 0.3) is 10.2 Å². The number of thiazole rings is 1. The molecule has 1 atom stereocenters. The van der Waals surface area contributed by atoms with Crippen molar-refractivity contribution < 1.29 is 4.79 Å². The van der Waals surface area contributed by atoms with Gasteiger partial charge in [0.25, 0.3) is 5.91 Å². The Labute approximate surface area is 191 Å². The fourth-order valence-corrected chi connectivity index (χ4v) is 5.07. The molecule has 0 saturated carbocycles. The minimum Gasteiger partial charge on any atom is -0.336 e. The first-order chi connectivity index (χ1) is 15.1. The first kappa shape index (κ1) is 22.2. The number of benzene rings is 1. The van der Waals surface area contributed by atoms with Crippen LogP contribution in [0.15, 0.2) is 35.5 Å². The second-order valence-electron chi connectivity index (χ2n) is 8.05. The second-order valence-corrected chi connectivity index (χ2v) is 10.0. The summed E-state index contributed by atoms with van der Waals surface area (Å²) in [7, 11) is 0. The number of carbonyl (C=O) groups is 1. The monoisotopic (exact) mass is 455 g/mol. The molecule has 2 aromatic heterocycles. The van der Waals surface area contributed by atoms with Crippen LogP contribution in [0.1, 0.15) is 41.0 Å². The van der Waals surface area contributed by atoms with Crippen LogP contribution in [-0.4, -0.2) is 58.2 Å². The molecule has 1 N–H and O–H groups in total. The van der Waals surface area contributed by atoms with E-state index in [-0.39, 0.29) is 5.91 Å². The third-order valence-corrected chi connectivity index (χ3v) is 7.47. The average molecular weight is 456 g/mol. The largest absolute Gasteiger partial charge is 0.336 e. The number of fused-ring (bicyclic) bond motifs is 1. The maximum absolute atomic E-state index is 12.8. The minimum absolute atomic E-state index is 0.125. The van der Waals surface area contributed by atoms with Gasteiger partial charge in [-0.25, -0.2) is 15.0 Å². The third-order valence-electron chi connectivity index (χ3n) is 5.71. The van der Waals surface area contributed by atoms with Gasteiger partial charge >= 0.3 is 0 Å². The van der Waals surface area contributed by atoms with Crippen LogP contribution in [0.5, 0.6) is 0 Å². The van der Waals surface area contributed by atoms with E-state index in [1.165, 1.54) is 0 Å². The molecule has 31 heavy (non-hydrogen) atoms. The first-order valence-electron chi connectivity index (χ1n) is 10.9. The fraction of sp³-hybridized carbons (Fsp3) is 0.478. The third kappa shape index (κ3) is 5.81. The van der Waals surface area contributed by atoms with Crippen molar-refractivity contribution in [1.82, 2.24) is 25.2 Å². The molecular weight excluding hydrogens is 426 g/mol. The summed E-state index contributed by atoms with van der Waals surface area (Å²) in [6.45, 7) is 5.57. The number of nitrogens with one attached hydrogen (secondary N) is 1. The molecule has 6 nitrogen and oxygen atoms in total. The molecule has 0 radical (unpaired) electrons. The maximum atomic E-state index is 12.8. The number of aromatic nitrogens is 3. The molecule has 4 rings (SSSR count). The number of hydrogen-bond acceptors (Lipinski definition) is 7. The van der Waals surface area contributed by atoms with E-state index in [0.717, 1.165) is 83.4 Å². The number of carbonyl (C=O) groups excluding carboxylic acids is 1. The van der Waals surface area contributed by atoms with Gasteiger partial charge in [0.1, 0.15) is 5.82 Å². The van der Waals surface area contributed by atoms with Crippen molar-refractivity contribution in [1.29, 1.82) is 0 Å². The van der Waals surface area contributed by atoms with Crippen molar-refractivity contribution >= 4 is 39.2 Å². The van der Waals surface area contributed by atoms with Crippen LogP contribution in [0, 0.1) is 5.92 Å². The normalized spacial score (nSPS) is 15.4. The molecule has 1 amide bonds. The molecular formula is C23H29N5OS2. The SMILES string of the molecule is CSc1cnc(CC[C@H](C)CCc2nc3ccc(C(=O)N4CCNCC4)cc3s2)nc1. The van der Waals surface area contributed by atoms with E-state index in [9.17, 15) is 4.79 Å². The van der Waals surface area contributed by atoms with Gasteiger partial charge in [0, 0.05) is 55.5 Å². The van der Waals surface area contributed by atoms with Gasteiger partial charge in [-0.15, -0.1) is 23.1 Å². The molecule has 164 valence electrons. The van der Waals surface area contributed by atoms with Gasteiger partial charge in [0.05, 0.1) is 15.2 Å². The van der Waals surface area contributed by atoms with E-state index in [4.69, 9.17) is 4.98 Å². The average Bonchev–Trinajstić information content (AvgIpc) is 3.24. The van der Waals surface area contributed by atoms with Crippen LogP contribution in [-0.2, 0) is 12.8 Å². The minimum atomic E-state index is 0.125. The summed E-state index contributed by atoms with van der Waals surface area (Å²) in [6.07, 6.45) is 9.89. The van der Waals surface area contributed by atoms with Crippen LogP contribution < -0.4 is 5.32 Å². The molecule has 1 saturated heterocycles. The lowest BCUT2D eigenvalue weighted by atomic mass is 10.00. The quantitative estimate of drug-likeness (QED) is 0.517. The summed E-state index contributed by atoms with van der Waals surface area (Å²) in [5, 5.41) is 4.44. The highest BCUT2D eigenvalue weighted by Gasteiger charge is 2.18. The molecule has 1 aliphatic rings. The number of nitrogens with zero attached hydrogens (tertiary/aromatic N) is 4. The smallest absolute Gasteiger partial charge is 0.253 e. The van der Waals surface area contributed by atoms with E-state index in [1.54, 1.807) is 23.1 Å². The van der Waals surface area contributed by atoms with E-state index in [0.29, 0.717) is 5.92 Å². The number of thioether (sulfide) groups is 1. The van der Waals surface area contributed by atoms with Gasteiger partial charge in [-0.05, 0) is 49.6 Å². The Kier molecular flexibility index (Phi) is 7.53. The number of amides is 1. The molecule has 1 fully saturated rings. The molecule has 1 aliphatic heterocycles. The van der Waals surface area contributed by atoms with Crippen LogP contribution >= 0.6 is 23.1 Å². The fourth-order valence-electron chi connectivity index (χ4n) is 3.73. The Hall–Kier alpha value is -2.03. The van der Waals surface area contributed by atoms with Crippen LogP contribution in [0.4, 0.5) is 0 Å². The van der Waals surface area contributed by atoms with Gasteiger partial charge in [-0.3, -0.25) is 4.79 Å². The zero-order valence-corrected chi connectivity index (χ0v) is 19.8. The van der Waals surface area contributed by atoms with Crippen molar-refractivity contribution in [3.05, 3.63) is 47.0 Å². The standard InChI is InChI=1S/C23H29N5OS2/c1-16(3-7-21-25-14-18(30-2)15-26-21)4-8-22-27-19-6-5-17(13-20(19)31-22)23(29)28-11-9-24-10-12-28/h5-6,13-16,24H,3-4,7-12H2,1-2H3/t16-/m0/s1. The van der Waals surface area contributed by atoms with Gasteiger partial charge in [0.15, 0.2) is 0 Å². The highest BCUT2D eigenvalue weighted by atomic mass is 32.2. The first-order valence-corrected chi connectivity index (χ1v) is 12.9. The Morgan fingerprint density at radius 3 is 2.68 bits per heavy atom. The van der Waals surface area contributed by atoms with Crippen molar-refractivity contribution in [2.24, 2.45) is 5.92 Å². The molecule has 3 aromatic rings. The lowest BCUT2D eigenvalue weighted by Crippen LogP contribution is -2.46. The van der Waals surface area contributed by atoms with E-state index in [1.807, 2.05) is 41.7 Å². The highest BCUT2D eigenvalue weighted by Crippen LogP contribution is 2.26. The molecule has 0 unspecified atom stereocenters. The van der Waals surface area contributed by atoms with E-state index < -0.39 is 0 Å². The molecule has 0 spiro atoms. The van der Waals surface area contributed by atoms with Gasteiger partial charge in [0.2, 0.25) is 0 Å². The summed E-state index contributed by atoms with van der Waals surface area (Å²) < 4.78 is 1.10. The van der Waals surface area contributed by atoms with Crippen molar-refractivity contribution in [2.75, 3.05) is 32.4 Å². The molecule has 1 aromatic carbocycles. The summed E-state index contributed by atoms with van der Waals surface area (Å²) in [4.78, 5) is 29.5. The Bertz CT molecular complexity index is 1010. The molecule has 8 heteroatoms. The van der Waals surface area contributed by atoms with Crippen LogP contribution in [0.2, 0.25) is 0 Å². The second kappa shape index (κ2) is 10.5. The van der Waals surface area contributed by atoms with Crippen LogP contribution in [0.3, 0.4) is 0 Å². The maximum Gasteiger partial charge on any atom is 0.253 e.